The number of hydrogen-bond acceptors (Lipinski definition) is 5. The van der Waals surface area contributed by atoms with E-state index < -0.39 is 36.4 Å². The molecule has 6 nitrogen and oxygen atoms in total. The number of ether oxygens (including phenoxy) is 1. The van der Waals surface area contributed by atoms with Crippen LogP contribution in [0.3, 0.4) is 0 Å². The van der Waals surface area contributed by atoms with Gasteiger partial charge in [0.1, 0.15) is 0 Å². The van der Waals surface area contributed by atoms with Gasteiger partial charge in [0, 0.05) is 6.42 Å². The molecule has 96 valence electrons. The summed E-state index contributed by atoms with van der Waals surface area (Å²) in [6.45, 7) is 1.53. The summed E-state index contributed by atoms with van der Waals surface area (Å²) in [5.41, 5.74) is -1.01. The Morgan fingerprint density at radius 1 is 1.59 bits per heavy atom. The number of rotatable bonds is 4. The molecule has 17 heavy (non-hydrogen) atoms. The molecule has 0 amide bonds. The molecule has 0 spiro atoms. The van der Waals surface area contributed by atoms with Gasteiger partial charge in [-0.15, -0.1) is 0 Å². The van der Waals surface area contributed by atoms with Crippen LogP contribution in [0, 0.1) is 5.21 Å². The minimum absolute atomic E-state index is 0.0171. The third kappa shape index (κ3) is 3.61. The normalized spacial score (nSPS) is 11.5. The molecular formula is C8H9F3N2O4. The molecule has 0 aliphatic heterocycles. The van der Waals surface area contributed by atoms with Crippen LogP contribution in [0.4, 0.5) is 13.2 Å². The fourth-order valence-corrected chi connectivity index (χ4v) is 1.09. The Bertz CT molecular complexity index is 402. The Hall–Kier alpha value is -1.80. The van der Waals surface area contributed by atoms with Crippen molar-refractivity contribution in [2.24, 2.45) is 0 Å². The van der Waals surface area contributed by atoms with Gasteiger partial charge in [0.15, 0.2) is 0 Å². The first-order valence-corrected chi connectivity index (χ1v) is 4.67. The van der Waals surface area contributed by atoms with Gasteiger partial charge in [-0.3, -0.25) is 4.63 Å². The number of nitrogens with zero attached hydrogens (tertiary/aromatic N) is 2. The smallest absolute Gasteiger partial charge is 0.389 e. The molecular weight excluding hydrogens is 245 g/mol. The van der Waals surface area contributed by atoms with Gasteiger partial charge in [-0.05, 0) is 11.8 Å². The molecule has 0 bridgehead atoms. The van der Waals surface area contributed by atoms with E-state index in [4.69, 9.17) is 0 Å². The van der Waals surface area contributed by atoms with Crippen LogP contribution in [0.5, 0.6) is 0 Å². The van der Waals surface area contributed by atoms with Gasteiger partial charge in [-0.25, -0.2) is 4.79 Å². The first kappa shape index (κ1) is 13.3. The molecule has 0 atom stereocenters. The first-order valence-electron chi connectivity index (χ1n) is 4.67. The number of carbonyl (C=O) groups excluding carboxylic acids is 1. The highest BCUT2D eigenvalue weighted by molar-refractivity contribution is 5.87. The molecule has 1 heterocycles. The molecule has 1 aromatic rings. The molecule has 0 N–H and O–H groups in total. The second-order valence-electron chi connectivity index (χ2n) is 3.06. The van der Waals surface area contributed by atoms with E-state index in [1.807, 2.05) is 0 Å². The van der Waals surface area contributed by atoms with Crippen molar-refractivity contribution in [1.29, 1.82) is 0 Å². The topological polar surface area (TPSA) is 79.3 Å². The summed E-state index contributed by atoms with van der Waals surface area (Å²) in [4.78, 5) is 11.0. The minimum atomic E-state index is -4.43. The van der Waals surface area contributed by atoms with Crippen LogP contribution >= 0.6 is 0 Å². The highest BCUT2D eigenvalue weighted by Crippen LogP contribution is 2.22. The highest BCUT2D eigenvalue weighted by Gasteiger charge is 2.33. The zero-order valence-corrected chi connectivity index (χ0v) is 8.78. The van der Waals surface area contributed by atoms with Crippen molar-refractivity contribution in [3.05, 3.63) is 16.6 Å². The van der Waals surface area contributed by atoms with Crippen LogP contribution in [0.1, 0.15) is 29.5 Å². The predicted octanol–water partition coefficient (Wildman–Crippen LogP) is 0.980. The summed E-state index contributed by atoms with van der Waals surface area (Å²) in [6, 6.07) is 0. The minimum Gasteiger partial charge on any atom is -0.459 e. The van der Waals surface area contributed by atoms with Crippen LogP contribution in [0.25, 0.3) is 0 Å². The predicted molar refractivity (Wildman–Crippen MR) is 45.8 cm³/mol. The lowest BCUT2D eigenvalue weighted by molar-refractivity contribution is -0.808. The maximum Gasteiger partial charge on any atom is 0.389 e. The quantitative estimate of drug-likeness (QED) is 0.591. The number of halogens is 3. The second-order valence-corrected chi connectivity index (χ2v) is 3.06. The number of carbonyl (C=O) groups is 1. The first-order chi connectivity index (χ1) is 7.85. The lowest BCUT2D eigenvalue weighted by atomic mass is 10.2. The lowest BCUT2D eigenvalue weighted by Gasteiger charge is -2.03. The van der Waals surface area contributed by atoms with Gasteiger partial charge in [-0.1, -0.05) is 0 Å². The number of esters is 1. The van der Waals surface area contributed by atoms with E-state index in [0.29, 0.717) is 0 Å². The summed E-state index contributed by atoms with van der Waals surface area (Å²) in [6.07, 6.45) is -6.37. The van der Waals surface area contributed by atoms with Gasteiger partial charge in [0.25, 0.3) is 0 Å². The van der Waals surface area contributed by atoms with E-state index in [1.165, 1.54) is 6.92 Å². The van der Waals surface area contributed by atoms with E-state index in [9.17, 15) is 23.2 Å². The second kappa shape index (κ2) is 5.02. The SMILES string of the molecule is CCOC(=O)c1no[n+]([O-])c1CCC(F)(F)F. The molecule has 1 rings (SSSR count). The standard InChI is InChI=1S/C8H9F3N2O4/c1-2-16-7(14)6-5(13(15)17-12-6)3-4-8(9,10)11/h2-4H2,1H3. The van der Waals surface area contributed by atoms with E-state index >= 15 is 0 Å². The van der Waals surface area contributed by atoms with Crippen molar-refractivity contribution in [3.63, 3.8) is 0 Å². The molecule has 0 saturated heterocycles. The molecule has 0 aliphatic rings. The Morgan fingerprint density at radius 3 is 2.76 bits per heavy atom. The summed E-state index contributed by atoms with van der Waals surface area (Å²) in [5, 5.41) is 14.0. The molecule has 1 aromatic heterocycles. The third-order valence-corrected chi connectivity index (χ3v) is 1.81. The van der Waals surface area contributed by atoms with Gasteiger partial charge >= 0.3 is 17.8 Å². The lowest BCUT2D eigenvalue weighted by Crippen LogP contribution is -2.30. The summed E-state index contributed by atoms with van der Waals surface area (Å²) >= 11 is 0. The largest absolute Gasteiger partial charge is 0.459 e. The van der Waals surface area contributed by atoms with Gasteiger partial charge in [0.2, 0.25) is 5.69 Å². The van der Waals surface area contributed by atoms with Gasteiger partial charge in [0.05, 0.1) is 18.2 Å². The average molecular weight is 254 g/mol. The van der Waals surface area contributed by atoms with Crippen LogP contribution in [0.15, 0.2) is 4.63 Å². The number of hydrogen-bond donors (Lipinski definition) is 0. The van der Waals surface area contributed by atoms with Crippen LogP contribution < -0.4 is 4.90 Å². The van der Waals surface area contributed by atoms with Crippen LogP contribution in [-0.2, 0) is 11.2 Å². The Morgan fingerprint density at radius 2 is 2.24 bits per heavy atom. The van der Waals surface area contributed by atoms with E-state index in [1.54, 1.807) is 0 Å². The Labute approximate surface area is 93.5 Å². The summed E-state index contributed by atoms with van der Waals surface area (Å²) in [7, 11) is 0. The highest BCUT2D eigenvalue weighted by atomic mass is 19.4. The molecule has 0 unspecified atom stereocenters. The van der Waals surface area contributed by atoms with Crippen LogP contribution in [-0.4, -0.2) is 23.9 Å². The van der Waals surface area contributed by atoms with E-state index in [-0.39, 0.29) is 11.5 Å². The Balaban J connectivity index is 2.83. The molecule has 0 fully saturated rings. The van der Waals surface area contributed by atoms with Gasteiger partial charge in [-0.2, -0.15) is 13.2 Å². The van der Waals surface area contributed by atoms with Crippen molar-refractivity contribution in [3.8, 4) is 0 Å². The monoisotopic (exact) mass is 254 g/mol. The van der Waals surface area contributed by atoms with Crippen LogP contribution in [0.2, 0.25) is 0 Å². The van der Waals surface area contributed by atoms with Gasteiger partial charge < -0.3 is 9.94 Å². The fourth-order valence-electron chi connectivity index (χ4n) is 1.09. The zero-order chi connectivity index (χ0) is 13.1. The maximum atomic E-state index is 12.0. The summed E-state index contributed by atoms with van der Waals surface area (Å²) in [5.74, 6) is -0.983. The number of alkyl halides is 3. The van der Waals surface area contributed by atoms with E-state index in [0.717, 1.165) is 0 Å². The van der Waals surface area contributed by atoms with Crippen molar-refractivity contribution in [2.75, 3.05) is 6.61 Å². The summed E-state index contributed by atoms with van der Waals surface area (Å²) < 4.78 is 44.5. The molecule has 0 aliphatic carbocycles. The zero-order valence-electron chi connectivity index (χ0n) is 8.78. The van der Waals surface area contributed by atoms with Crippen molar-refractivity contribution >= 4 is 5.97 Å². The molecule has 9 heteroatoms. The van der Waals surface area contributed by atoms with E-state index in [2.05, 4.69) is 14.5 Å². The fraction of sp³-hybridized carbons (Fsp3) is 0.625. The Kier molecular flexibility index (Phi) is 3.92. The molecule has 0 aromatic carbocycles. The van der Waals surface area contributed by atoms with Crippen molar-refractivity contribution in [2.45, 2.75) is 25.9 Å². The van der Waals surface area contributed by atoms with Crippen molar-refractivity contribution < 1.29 is 32.2 Å². The maximum absolute atomic E-state index is 12.0. The number of aromatic nitrogens is 2. The molecule has 0 radical (unpaired) electrons. The van der Waals surface area contributed by atoms with Crippen molar-refractivity contribution in [1.82, 2.24) is 5.16 Å². The molecule has 0 saturated carbocycles. The average Bonchev–Trinajstić information content (AvgIpc) is 2.56. The third-order valence-electron chi connectivity index (χ3n) is 1.81.